The van der Waals surface area contributed by atoms with Gasteiger partial charge in [0.2, 0.25) is 0 Å². The fraction of sp³-hybridized carbons (Fsp3) is 0.444. The molecule has 3 nitrogen and oxygen atoms in total. The predicted octanol–water partition coefficient (Wildman–Crippen LogP) is 3.85. The normalized spacial score (nSPS) is 14.0. The number of rotatable bonds is 6. The molecule has 1 aliphatic rings. The molecule has 1 heterocycles. The van der Waals surface area contributed by atoms with Crippen LogP contribution in [0.4, 0.5) is 0 Å². The molecule has 1 aliphatic carbocycles. The molecule has 1 aromatic heterocycles. The van der Waals surface area contributed by atoms with Crippen LogP contribution in [0, 0.1) is 0 Å². The third-order valence-electron chi connectivity index (χ3n) is 3.99. The van der Waals surface area contributed by atoms with Crippen molar-refractivity contribution in [3.8, 4) is 5.75 Å². The summed E-state index contributed by atoms with van der Waals surface area (Å²) in [7, 11) is 0. The van der Waals surface area contributed by atoms with Crippen LogP contribution in [0.3, 0.4) is 0 Å². The van der Waals surface area contributed by atoms with Crippen LogP contribution in [0.2, 0.25) is 0 Å². The van der Waals surface area contributed by atoms with Gasteiger partial charge in [0, 0.05) is 12.1 Å². The minimum Gasteiger partial charge on any atom is -0.486 e. The summed E-state index contributed by atoms with van der Waals surface area (Å²) in [6.45, 7) is 4.40. The highest BCUT2D eigenvalue weighted by Gasteiger charge is 2.10. The van der Waals surface area contributed by atoms with Crippen LogP contribution in [0.25, 0.3) is 0 Å². The highest BCUT2D eigenvalue weighted by atomic mass is 16.5. The molecule has 1 aromatic carbocycles. The Labute approximate surface area is 126 Å². The zero-order valence-corrected chi connectivity index (χ0v) is 12.7. The standard InChI is InChI=1S/C18H23NO2/c1-2-19-11-14-9-18(20-12-14)13-21-17-8-7-15-5-3-4-6-16(15)10-17/h7-10,12,19H,2-6,11,13H2,1H3. The highest BCUT2D eigenvalue weighted by Crippen LogP contribution is 2.25. The Morgan fingerprint density at radius 1 is 1.14 bits per heavy atom. The van der Waals surface area contributed by atoms with Crippen molar-refractivity contribution in [3.05, 3.63) is 53.0 Å². The fourth-order valence-electron chi connectivity index (χ4n) is 2.82. The molecule has 112 valence electrons. The van der Waals surface area contributed by atoms with Crippen LogP contribution in [0.15, 0.2) is 34.9 Å². The number of benzene rings is 1. The Morgan fingerprint density at radius 3 is 2.86 bits per heavy atom. The van der Waals surface area contributed by atoms with E-state index in [0.717, 1.165) is 24.6 Å². The number of aryl methyl sites for hydroxylation is 2. The Kier molecular flexibility index (Phi) is 4.61. The first kappa shape index (κ1) is 14.2. The summed E-state index contributed by atoms with van der Waals surface area (Å²) in [5.41, 5.74) is 4.10. The van der Waals surface area contributed by atoms with Crippen LogP contribution in [0.5, 0.6) is 5.75 Å². The van der Waals surface area contributed by atoms with Crippen molar-refractivity contribution in [1.29, 1.82) is 0 Å². The lowest BCUT2D eigenvalue weighted by Gasteiger charge is -2.16. The summed E-state index contributed by atoms with van der Waals surface area (Å²) >= 11 is 0. The quantitative estimate of drug-likeness (QED) is 0.875. The molecule has 0 unspecified atom stereocenters. The lowest BCUT2D eigenvalue weighted by molar-refractivity contribution is 0.270. The van der Waals surface area contributed by atoms with Crippen molar-refractivity contribution in [2.24, 2.45) is 0 Å². The number of hydrogen-bond donors (Lipinski definition) is 1. The zero-order chi connectivity index (χ0) is 14.5. The van der Waals surface area contributed by atoms with E-state index >= 15 is 0 Å². The molecule has 0 amide bonds. The van der Waals surface area contributed by atoms with E-state index in [1.165, 1.54) is 42.4 Å². The van der Waals surface area contributed by atoms with Gasteiger partial charge in [0.05, 0.1) is 6.26 Å². The molecule has 2 aromatic rings. The van der Waals surface area contributed by atoms with Crippen molar-refractivity contribution in [2.75, 3.05) is 6.54 Å². The van der Waals surface area contributed by atoms with Gasteiger partial charge in [-0.2, -0.15) is 0 Å². The summed E-state index contributed by atoms with van der Waals surface area (Å²) in [6, 6.07) is 8.53. The van der Waals surface area contributed by atoms with Gasteiger partial charge in [0.1, 0.15) is 18.1 Å². The van der Waals surface area contributed by atoms with E-state index in [1.54, 1.807) is 6.26 Å². The number of furan rings is 1. The molecular weight excluding hydrogens is 262 g/mol. The second-order valence-corrected chi connectivity index (χ2v) is 5.63. The van der Waals surface area contributed by atoms with Crippen molar-refractivity contribution >= 4 is 0 Å². The van der Waals surface area contributed by atoms with Crippen molar-refractivity contribution in [2.45, 2.75) is 45.8 Å². The Balaban J connectivity index is 1.58. The summed E-state index contributed by atoms with van der Waals surface area (Å²) in [5, 5.41) is 3.29. The largest absolute Gasteiger partial charge is 0.486 e. The number of fused-ring (bicyclic) bond motifs is 1. The van der Waals surface area contributed by atoms with Gasteiger partial charge >= 0.3 is 0 Å². The predicted molar refractivity (Wildman–Crippen MR) is 83.5 cm³/mol. The van der Waals surface area contributed by atoms with Gasteiger partial charge in [0.25, 0.3) is 0 Å². The van der Waals surface area contributed by atoms with Gasteiger partial charge in [0.15, 0.2) is 0 Å². The molecule has 21 heavy (non-hydrogen) atoms. The van der Waals surface area contributed by atoms with Gasteiger partial charge in [-0.15, -0.1) is 0 Å². The second-order valence-electron chi connectivity index (χ2n) is 5.63. The average Bonchev–Trinajstić information content (AvgIpc) is 2.98. The molecule has 1 N–H and O–H groups in total. The van der Waals surface area contributed by atoms with E-state index in [1.807, 2.05) is 0 Å². The highest BCUT2D eigenvalue weighted by molar-refractivity contribution is 5.37. The first-order valence-electron chi connectivity index (χ1n) is 7.87. The minimum absolute atomic E-state index is 0.491. The van der Waals surface area contributed by atoms with E-state index < -0.39 is 0 Å². The smallest absolute Gasteiger partial charge is 0.146 e. The van der Waals surface area contributed by atoms with E-state index in [4.69, 9.17) is 9.15 Å². The second kappa shape index (κ2) is 6.81. The monoisotopic (exact) mass is 285 g/mol. The number of nitrogens with one attached hydrogen (secondary N) is 1. The summed E-state index contributed by atoms with van der Waals surface area (Å²) < 4.78 is 11.4. The maximum absolute atomic E-state index is 5.86. The average molecular weight is 285 g/mol. The Bertz CT molecular complexity index is 589. The summed E-state index contributed by atoms with van der Waals surface area (Å²) in [6.07, 6.45) is 6.80. The van der Waals surface area contributed by atoms with E-state index in [9.17, 15) is 0 Å². The van der Waals surface area contributed by atoms with Crippen molar-refractivity contribution < 1.29 is 9.15 Å². The third-order valence-corrected chi connectivity index (χ3v) is 3.99. The summed E-state index contributed by atoms with van der Waals surface area (Å²) in [4.78, 5) is 0. The van der Waals surface area contributed by atoms with Crippen molar-refractivity contribution in [1.82, 2.24) is 5.32 Å². The van der Waals surface area contributed by atoms with Crippen molar-refractivity contribution in [3.63, 3.8) is 0 Å². The van der Waals surface area contributed by atoms with Crippen LogP contribution >= 0.6 is 0 Å². The Hall–Kier alpha value is -1.74. The first-order chi connectivity index (χ1) is 10.3. The molecule has 0 spiro atoms. The van der Waals surface area contributed by atoms with Crippen LogP contribution in [-0.4, -0.2) is 6.54 Å². The van der Waals surface area contributed by atoms with Crippen LogP contribution < -0.4 is 10.1 Å². The molecule has 3 heteroatoms. The van der Waals surface area contributed by atoms with E-state index in [2.05, 4.69) is 36.5 Å². The molecule has 0 aliphatic heterocycles. The topological polar surface area (TPSA) is 34.4 Å². The number of ether oxygens (including phenoxy) is 1. The zero-order valence-electron chi connectivity index (χ0n) is 12.7. The molecule has 0 saturated carbocycles. The van der Waals surface area contributed by atoms with Gasteiger partial charge in [-0.1, -0.05) is 13.0 Å². The van der Waals surface area contributed by atoms with Crippen LogP contribution in [-0.2, 0) is 26.0 Å². The van der Waals surface area contributed by atoms with E-state index in [-0.39, 0.29) is 0 Å². The fourth-order valence-corrected chi connectivity index (χ4v) is 2.82. The molecule has 0 fully saturated rings. The molecule has 0 atom stereocenters. The third kappa shape index (κ3) is 3.67. The van der Waals surface area contributed by atoms with Gasteiger partial charge < -0.3 is 14.5 Å². The maximum Gasteiger partial charge on any atom is 0.146 e. The molecule has 0 radical (unpaired) electrons. The minimum atomic E-state index is 0.491. The maximum atomic E-state index is 5.86. The lowest BCUT2D eigenvalue weighted by Crippen LogP contribution is -2.10. The Morgan fingerprint density at radius 2 is 2.00 bits per heavy atom. The van der Waals surface area contributed by atoms with Gasteiger partial charge in [-0.3, -0.25) is 0 Å². The SMILES string of the molecule is CCNCc1coc(COc2ccc3c(c2)CCCC3)c1. The van der Waals surface area contributed by atoms with Crippen LogP contribution in [0.1, 0.15) is 42.2 Å². The van der Waals surface area contributed by atoms with Gasteiger partial charge in [-0.25, -0.2) is 0 Å². The number of hydrogen-bond acceptors (Lipinski definition) is 3. The molecular formula is C18H23NO2. The molecule has 0 bridgehead atoms. The van der Waals surface area contributed by atoms with Gasteiger partial charge in [-0.05, 0) is 61.6 Å². The summed E-state index contributed by atoms with van der Waals surface area (Å²) in [5.74, 6) is 1.82. The molecule has 0 saturated heterocycles. The lowest BCUT2D eigenvalue weighted by atomic mass is 9.92. The van der Waals surface area contributed by atoms with E-state index in [0.29, 0.717) is 6.61 Å². The molecule has 3 rings (SSSR count). The first-order valence-corrected chi connectivity index (χ1v) is 7.87.